The van der Waals surface area contributed by atoms with Crippen molar-refractivity contribution in [2.75, 3.05) is 26.9 Å². The topological polar surface area (TPSA) is 92.7 Å². The maximum Gasteiger partial charge on any atom is 0.363 e. The number of nitrogens with zero attached hydrogens (tertiary/aromatic N) is 1. The molecule has 3 rings (SSSR count). The van der Waals surface area contributed by atoms with E-state index >= 15 is 0 Å². The molecule has 1 aliphatic heterocycles. The van der Waals surface area contributed by atoms with Gasteiger partial charge in [0.05, 0.1) is 20.3 Å². The van der Waals surface area contributed by atoms with Gasteiger partial charge >= 0.3 is 11.9 Å². The van der Waals surface area contributed by atoms with E-state index < -0.39 is 11.9 Å². The molecule has 2 aromatic rings. The second kappa shape index (κ2) is 10.3. The summed E-state index contributed by atoms with van der Waals surface area (Å²) >= 11 is 0. The third-order valence-corrected chi connectivity index (χ3v) is 4.16. The lowest BCUT2D eigenvalue weighted by molar-refractivity contribution is -0.145. The van der Waals surface area contributed by atoms with Crippen LogP contribution >= 0.6 is 0 Å². The average molecular weight is 425 g/mol. The Labute approximate surface area is 180 Å². The van der Waals surface area contributed by atoms with Gasteiger partial charge in [-0.3, -0.25) is 0 Å². The fourth-order valence-corrected chi connectivity index (χ4v) is 2.79. The lowest BCUT2D eigenvalue weighted by atomic mass is 10.1. The van der Waals surface area contributed by atoms with E-state index in [0.29, 0.717) is 35.0 Å². The molecule has 0 saturated heterocycles. The SMILES string of the molecule is CCOC(=O)COc1ccc(/C=C2/N=C(c3cccc(OC)c3)OC2=O)cc1OCC. The van der Waals surface area contributed by atoms with Crippen molar-refractivity contribution in [3.8, 4) is 17.2 Å². The minimum atomic E-state index is -0.557. The van der Waals surface area contributed by atoms with Crippen molar-refractivity contribution in [1.82, 2.24) is 0 Å². The normalized spacial score (nSPS) is 14.1. The van der Waals surface area contributed by atoms with Gasteiger partial charge in [0.15, 0.2) is 23.8 Å². The van der Waals surface area contributed by atoms with E-state index in [1.807, 2.05) is 6.92 Å². The predicted molar refractivity (Wildman–Crippen MR) is 113 cm³/mol. The largest absolute Gasteiger partial charge is 0.497 e. The Hall–Kier alpha value is -3.81. The maximum absolute atomic E-state index is 12.3. The molecular formula is C23H23NO7. The van der Waals surface area contributed by atoms with Crippen LogP contribution in [0.15, 0.2) is 53.2 Å². The second-order valence-corrected chi connectivity index (χ2v) is 6.30. The molecule has 1 aliphatic rings. The van der Waals surface area contributed by atoms with Crippen LogP contribution in [0.3, 0.4) is 0 Å². The summed E-state index contributed by atoms with van der Waals surface area (Å²) < 4.78 is 26.5. The summed E-state index contributed by atoms with van der Waals surface area (Å²) in [5.41, 5.74) is 1.45. The van der Waals surface area contributed by atoms with E-state index in [1.165, 1.54) is 0 Å². The Bertz CT molecular complexity index is 1030. The van der Waals surface area contributed by atoms with E-state index in [4.69, 9.17) is 23.7 Å². The van der Waals surface area contributed by atoms with Crippen LogP contribution in [0, 0.1) is 0 Å². The van der Waals surface area contributed by atoms with E-state index in [0.717, 1.165) is 0 Å². The van der Waals surface area contributed by atoms with Gasteiger partial charge in [-0.05, 0) is 55.8 Å². The molecule has 0 fully saturated rings. The first kappa shape index (κ1) is 21.9. The molecule has 1 heterocycles. The van der Waals surface area contributed by atoms with Gasteiger partial charge in [0.1, 0.15) is 5.75 Å². The van der Waals surface area contributed by atoms with Crippen molar-refractivity contribution >= 4 is 23.9 Å². The third kappa shape index (κ3) is 5.63. The molecule has 0 aromatic heterocycles. The minimum absolute atomic E-state index is 0.153. The van der Waals surface area contributed by atoms with Crippen molar-refractivity contribution in [2.24, 2.45) is 4.99 Å². The van der Waals surface area contributed by atoms with E-state index in [9.17, 15) is 9.59 Å². The zero-order chi connectivity index (χ0) is 22.2. The Morgan fingerprint density at radius 1 is 1.06 bits per heavy atom. The Balaban J connectivity index is 1.82. The molecule has 0 radical (unpaired) electrons. The molecule has 162 valence electrons. The highest BCUT2D eigenvalue weighted by Gasteiger charge is 2.24. The molecule has 0 amide bonds. The third-order valence-electron chi connectivity index (χ3n) is 4.16. The molecule has 8 heteroatoms. The average Bonchev–Trinajstić information content (AvgIpc) is 3.14. The Morgan fingerprint density at radius 3 is 2.65 bits per heavy atom. The minimum Gasteiger partial charge on any atom is -0.497 e. The van der Waals surface area contributed by atoms with Gasteiger partial charge in [-0.1, -0.05) is 12.1 Å². The molecule has 0 aliphatic carbocycles. The molecule has 0 atom stereocenters. The van der Waals surface area contributed by atoms with Crippen molar-refractivity contribution in [3.63, 3.8) is 0 Å². The van der Waals surface area contributed by atoms with Crippen molar-refractivity contribution in [2.45, 2.75) is 13.8 Å². The second-order valence-electron chi connectivity index (χ2n) is 6.30. The van der Waals surface area contributed by atoms with E-state index in [2.05, 4.69) is 4.99 Å². The van der Waals surface area contributed by atoms with Gasteiger partial charge in [0.2, 0.25) is 5.90 Å². The summed E-state index contributed by atoms with van der Waals surface area (Å²) in [4.78, 5) is 28.1. The highest BCUT2D eigenvalue weighted by molar-refractivity contribution is 6.13. The van der Waals surface area contributed by atoms with Crippen molar-refractivity contribution in [1.29, 1.82) is 0 Å². The lowest BCUT2D eigenvalue weighted by Gasteiger charge is -2.12. The zero-order valence-corrected chi connectivity index (χ0v) is 17.5. The van der Waals surface area contributed by atoms with Gasteiger partial charge in [-0.2, -0.15) is 0 Å². The molecule has 0 unspecified atom stereocenters. The van der Waals surface area contributed by atoms with Gasteiger partial charge < -0.3 is 23.7 Å². The van der Waals surface area contributed by atoms with Crippen LogP contribution in [0.5, 0.6) is 17.2 Å². The molecule has 0 bridgehead atoms. The van der Waals surface area contributed by atoms with E-state index in [-0.39, 0.29) is 24.8 Å². The Kier molecular flexibility index (Phi) is 7.26. The number of hydrogen-bond acceptors (Lipinski definition) is 8. The Morgan fingerprint density at radius 2 is 1.90 bits per heavy atom. The summed E-state index contributed by atoms with van der Waals surface area (Å²) in [7, 11) is 1.56. The number of benzene rings is 2. The summed E-state index contributed by atoms with van der Waals surface area (Å²) in [6.07, 6.45) is 1.59. The number of carbonyl (C=O) groups excluding carboxylic acids is 2. The number of methoxy groups -OCH3 is 1. The summed E-state index contributed by atoms with van der Waals surface area (Å²) in [5.74, 6) is 0.641. The standard InChI is InChI=1S/C23H23NO7/c1-4-28-20-12-15(9-10-19(20)30-14-21(25)29-5-2)11-18-23(26)31-22(24-18)16-7-6-8-17(13-16)27-3/h6-13H,4-5,14H2,1-3H3/b18-11+. The number of carbonyl (C=O) groups is 2. The number of esters is 2. The monoisotopic (exact) mass is 425 g/mol. The van der Waals surface area contributed by atoms with E-state index in [1.54, 1.807) is 62.6 Å². The highest BCUT2D eigenvalue weighted by Crippen LogP contribution is 2.30. The van der Waals surface area contributed by atoms with Gasteiger partial charge in [-0.25, -0.2) is 14.6 Å². The highest BCUT2D eigenvalue weighted by atomic mass is 16.6. The van der Waals surface area contributed by atoms with Crippen molar-refractivity contribution in [3.05, 3.63) is 59.3 Å². The summed E-state index contributed by atoms with van der Waals surface area (Å²) in [6, 6.07) is 12.2. The smallest absolute Gasteiger partial charge is 0.363 e. The molecule has 8 nitrogen and oxygen atoms in total. The number of cyclic esters (lactones) is 1. The fourth-order valence-electron chi connectivity index (χ4n) is 2.79. The number of aliphatic imine (C=N–C) groups is 1. The molecular weight excluding hydrogens is 402 g/mol. The first-order valence-corrected chi connectivity index (χ1v) is 9.76. The molecule has 31 heavy (non-hydrogen) atoms. The first-order chi connectivity index (χ1) is 15.0. The summed E-state index contributed by atoms with van der Waals surface area (Å²) in [5, 5.41) is 0. The maximum atomic E-state index is 12.3. The first-order valence-electron chi connectivity index (χ1n) is 9.76. The number of hydrogen-bond donors (Lipinski definition) is 0. The predicted octanol–water partition coefficient (Wildman–Crippen LogP) is 3.38. The molecule has 0 N–H and O–H groups in total. The zero-order valence-electron chi connectivity index (χ0n) is 17.5. The van der Waals surface area contributed by atoms with Crippen LogP contribution < -0.4 is 14.2 Å². The van der Waals surface area contributed by atoms with Crippen LogP contribution in [-0.4, -0.2) is 44.8 Å². The summed E-state index contributed by atoms with van der Waals surface area (Å²) in [6.45, 7) is 4.01. The van der Waals surface area contributed by atoms with Crippen LogP contribution in [0.2, 0.25) is 0 Å². The number of ether oxygens (including phenoxy) is 5. The molecule has 2 aromatic carbocycles. The van der Waals surface area contributed by atoms with Gasteiger partial charge in [0, 0.05) is 5.56 Å². The molecule has 0 saturated carbocycles. The van der Waals surface area contributed by atoms with Crippen LogP contribution in [0.25, 0.3) is 6.08 Å². The fraction of sp³-hybridized carbons (Fsp3) is 0.261. The van der Waals surface area contributed by atoms with Crippen LogP contribution in [-0.2, 0) is 19.1 Å². The molecule has 0 spiro atoms. The quantitative estimate of drug-likeness (QED) is 0.449. The van der Waals surface area contributed by atoms with Crippen molar-refractivity contribution < 1.29 is 33.3 Å². The van der Waals surface area contributed by atoms with Gasteiger partial charge in [-0.15, -0.1) is 0 Å². The van der Waals surface area contributed by atoms with Crippen LogP contribution in [0.4, 0.5) is 0 Å². The number of rotatable bonds is 9. The van der Waals surface area contributed by atoms with Gasteiger partial charge in [0.25, 0.3) is 0 Å². The lowest BCUT2D eigenvalue weighted by Crippen LogP contribution is -2.15. The van der Waals surface area contributed by atoms with Crippen LogP contribution in [0.1, 0.15) is 25.0 Å².